The van der Waals surface area contributed by atoms with E-state index in [4.69, 9.17) is 5.73 Å². The van der Waals surface area contributed by atoms with Crippen LogP contribution >= 0.6 is 15.9 Å². The number of hydrogen-bond donors (Lipinski definition) is 2. The van der Waals surface area contributed by atoms with Gasteiger partial charge >= 0.3 is 18.6 Å². The molecule has 0 atom stereocenters. The number of amides is 3. The van der Waals surface area contributed by atoms with Crippen LogP contribution in [-0.4, -0.2) is 31.1 Å². The lowest BCUT2D eigenvalue weighted by Gasteiger charge is -2.08. The van der Waals surface area contributed by atoms with Gasteiger partial charge in [0.2, 0.25) is 0 Å². The minimum absolute atomic E-state index is 0.140. The molecule has 0 radical (unpaired) electrons. The smallest absolute Gasteiger partial charge is 0.387 e. The molecule has 1 aromatic carbocycles. The predicted octanol–water partition coefficient (Wildman–Crippen LogP) is 1.80. The minimum Gasteiger partial charge on any atom is -0.452 e. The van der Waals surface area contributed by atoms with Crippen molar-refractivity contribution >= 4 is 39.9 Å². The van der Waals surface area contributed by atoms with E-state index in [0.717, 1.165) is 6.08 Å². The van der Waals surface area contributed by atoms with Crippen molar-refractivity contribution in [3.8, 4) is 5.75 Å². The van der Waals surface area contributed by atoms with Gasteiger partial charge in [-0.05, 0) is 24.3 Å². The summed E-state index contributed by atoms with van der Waals surface area (Å²) in [7, 11) is 0. The van der Waals surface area contributed by atoms with Crippen LogP contribution in [0.25, 0.3) is 6.08 Å². The summed E-state index contributed by atoms with van der Waals surface area (Å²) in [6.45, 7) is -3.74. The Bertz CT molecular complexity index is 637. The summed E-state index contributed by atoms with van der Waals surface area (Å²) in [5, 5.41) is 1.70. The van der Waals surface area contributed by atoms with Crippen LogP contribution in [0.4, 0.5) is 13.6 Å². The molecule has 124 valence electrons. The van der Waals surface area contributed by atoms with Gasteiger partial charge in [-0.2, -0.15) is 8.78 Å². The molecule has 0 spiro atoms. The Kier molecular flexibility index (Phi) is 7.13. The molecule has 23 heavy (non-hydrogen) atoms. The Hall–Kier alpha value is -2.49. The lowest BCUT2D eigenvalue weighted by atomic mass is 10.2. The minimum atomic E-state index is -3.02. The molecular weight excluding hydrogens is 382 g/mol. The highest BCUT2D eigenvalue weighted by atomic mass is 79.9. The molecule has 10 heteroatoms. The molecule has 0 aromatic heterocycles. The zero-order valence-electron chi connectivity index (χ0n) is 11.4. The van der Waals surface area contributed by atoms with Gasteiger partial charge in [0, 0.05) is 16.1 Å². The van der Waals surface area contributed by atoms with E-state index in [1.807, 2.05) is 0 Å². The molecule has 0 heterocycles. The van der Waals surface area contributed by atoms with E-state index in [9.17, 15) is 23.2 Å². The monoisotopic (exact) mass is 392 g/mol. The maximum absolute atomic E-state index is 12.3. The van der Waals surface area contributed by atoms with Gasteiger partial charge in [-0.25, -0.2) is 9.59 Å². The van der Waals surface area contributed by atoms with Crippen molar-refractivity contribution in [3.63, 3.8) is 0 Å². The molecule has 0 aliphatic rings. The number of halogens is 3. The van der Waals surface area contributed by atoms with E-state index >= 15 is 0 Å². The second-order valence-electron chi connectivity index (χ2n) is 3.91. The van der Waals surface area contributed by atoms with Crippen molar-refractivity contribution in [2.45, 2.75) is 6.61 Å². The second-order valence-corrected chi connectivity index (χ2v) is 4.83. The molecule has 7 nitrogen and oxygen atoms in total. The summed E-state index contributed by atoms with van der Waals surface area (Å²) >= 11 is 3.15. The fraction of sp³-hybridized carbons (Fsp3) is 0.154. The third kappa shape index (κ3) is 7.36. The Labute approximate surface area is 137 Å². The van der Waals surface area contributed by atoms with E-state index in [0.29, 0.717) is 4.47 Å². The number of esters is 1. The summed E-state index contributed by atoms with van der Waals surface area (Å²) in [6, 6.07) is 3.15. The van der Waals surface area contributed by atoms with Crippen LogP contribution in [0.5, 0.6) is 5.75 Å². The van der Waals surface area contributed by atoms with E-state index in [2.05, 4.69) is 25.4 Å². The number of rotatable bonds is 6. The van der Waals surface area contributed by atoms with Crippen molar-refractivity contribution < 1.29 is 32.6 Å². The van der Waals surface area contributed by atoms with Crippen LogP contribution < -0.4 is 15.8 Å². The van der Waals surface area contributed by atoms with Crippen LogP contribution in [0.1, 0.15) is 5.56 Å². The van der Waals surface area contributed by atoms with Gasteiger partial charge in [0.15, 0.2) is 6.61 Å². The van der Waals surface area contributed by atoms with Crippen molar-refractivity contribution in [1.82, 2.24) is 5.32 Å². The van der Waals surface area contributed by atoms with Crippen LogP contribution in [0.15, 0.2) is 28.7 Å². The normalized spacial score (nSPS) is 10.6. The first-order valence-corrected chi connectivity index (χ1v) is 6.75. The van der Waals surface area contributed by atoms with Crippen molar-refractivity contribution in [2.24, 2.45) is 5.73 Å². The molecule has 3 N–H and O–H groups in total. The van der Waals surface area contributed by atoms with Gasteiger partial charge in [0.05, 0.1) is 0 Å². The number of carbonyl (C=O) groups excluding carboxylic acids is 3. The highest BCUT2D eigenvalue weighted by Gasteiger charge is 2.10. The number of carbonyl (C=O) groups is 3. The Morgan fingerprint density at radius 1 is 1.35 bits per heavy atom. The lowest BCUT2D eigenvalue weighted by Crippen LogP contribution is -2.37. The highest BCUT2D eigenvalue weighted by molar-refractivity contribution is 9.10. The molecule has 0 fully saturated rings. The zero-order valence-corrected chi connectivity index (χ0v) is 13.0. The Balaban J connectivity index is 2.69. The molecule has 0 saturated heterocycles. The molecule has 1 rings (SSSR count). The number of urea groups is 1. The van der Waals surface area contributed by atoms with Gasteiger partial charge in [0.1, 0.15) is 5.75 Å². The largest absolute Gasteiger partial charge is 0.452 e. The van der Waals surface area contributed by atoms with Crippen molar-refractivity contribution in [3.05, 3.63) is 34.3 Å². The van der Waals surface area contributed by atoms with Crippen LogP contribution in [0, 0.1) is 0 Å². The van der Waals surface area contributed by atoms with E-state index in [-0.39, 0.29) is 11.3 Å². The molecule has 0 aliphatic heterocycles. The van der Waals surface area contributed by atoms with Gasteiger partial charge in [-0.15, -0.1) is 0 Å². The first-order valence-electron chi connectivity index (χ1n) is 5.96. The molecular formula is C13H11BrF2N2O5. The zero-order chi connectivity index (χ0) is 17.4. The molecule has 0 bridgehead atoms. The average molecular weight is 393 g/mol. The first-order chi connectivity index (χ1) is 10.8. The van der Waals surface area contributed by atoms with Gasteiger partial charge in [0.25, 0.3) is 5.91 Å². The number of ether oxygens (including phenoxy) is 2. The number of nitrogens with two attached hydrogens (primary N) is 1. The van der Waals surface area contributed by atoms with Crippen LogP contribution in [0.2, 0.25) is 0 Å². The third-order valence-electron chi connectivity index (χ3n) is 2.20. The van der Waals surface area contributed by atoms with E-state index in [1.54, 1.807) is 5.32 Å². The maximum atomic E-state index is 12.3. The number of primary amides is 1. The van der Waals surface area contributed by atoms with Crippen molar-refractivity contribution in [1.29, 1.82) is 0 Å². The van der Waals surface area contributed by atoms with Crippen LogP contribution in [-0.2, 0) is 14.3 Å². The summed E-state index contributed by atoms with van der Waals surface area (Å²) < 4.78 is 34.0. The van der Waals surface area contributed by atoms with Crippen molar-refractivity contribution in [2.75, 3.05) is 6.61 Å². The fourth-order valence-corrected chi connectivity index (χ4v) is 1.75. The number of nitrogens with one attached hydrogen (secondary N) is 1. The van der Waals surface area contributed by atoms with Crippen LogP contribution in [0.3, 0.4) is 0 Å². The summed E-state index contributed by atoms with van der Waals surface area (Å²) in [5.74, 6) is -1.96. The standard InChI is InChI=1S/C13H11BrF2N2O5/c14-8-2-3-9(23-12(15)16)7(5-8)1-4-11(20)22-6-10(19)18-13(17)21/h1-5,12H,6H2,(H3,17,18,19,21)/b4-1+. The number of alkyl halides is 2. The van der Waals surface area contributed by atoms with Gasteiger partial charge in [-0.3, -0.25) is 10.1 Å². The lowest BCUT2D eigenvalue weighted by molar-refractivity contribution is -0.143. The average Bonchev–Trinajstić information content (AvgIpc) is 2.44. The molecule has 1 aromatic rings. The third-order valence-corrected chi connectivity index (χ3v) is 2.69. The molecule has 0 unspecified atom stereocenters. The maximum Gasteiger partial charge on any atom is 0.387 e. The molecule has 0 saturated carbocycles. The Morgan fingerprint density at radius 3 is 2.65 bits per heavy atom. The van der Waals surface area contributed by atoms with Gasteiger partial charge < -0.3 is 15.2 Å². The SMILES string of the molecule is NC(=O)NC(=O)COC(=O)/C=C/c1cc(Br)ccc1OC(F)F. The number of benzene rings is 1. The molecule has 0 aliphatic carbocycles. The summed E-state index contributed by atoms with van der Waals surface area (Å²) in [4.78, 5) is 32.8. The van der Waals surface area contributed by atoms with E-state index in [1.165, 1.54) is 24.3 Å². The quantitative estimate of drug-likeness (QED) is 0.566. The topological polar surface area (TPSA) is 108 Å². The number of imide groups is 1. The predicted molar refractivity (Wildman–Crippen MR) is 78.5 cm³/mol. The summed E-state index contributed by atoms with van der Waals surface area (Å²) in [5.41, 5.74) is 4.89. The second kappa shape index (κ2) is 8.83. The first kappa shape index (κ1) is 18.6. The summed E-state index contributed by atoms with van der Waals surface area (Å²) in [6.07, 6.45) is 2.09. The fourth-order valence-electron chi connectivity index (χ4n) is 1.37. The van der Waals surface area contributed by atoms with E-state index < -0.39 is 31.1 Å². The van der Waals surface area contributed by atoms with Gasteiger partial charge in [-0.1, -0.05) is 15.9 Å². The highest BCUT2D eigenvalue weighted by Crippen LogP contribution is 2.25. The Morgan fingerprint density at radius 2 is 2.04 bits per heavy atom. The number of hydrogen-bond acceptors (Lipinski definition) is 5. The molecule has 3 amide bonds.